The molecule has 2 aromatic rings. The normalized spacial score (nSPS) is 10.3. The van der Waals surface area contributed by atoms with Crippen molar-refractivity contribution in [2.24, 2.45) is 0 Å². The molecule has 0 radical (unpaired) electrons. The Hall–Kier alpha value is -0.700. The van der Waals surface area contributed by atoms with Crippen molar-refractivity contribution in [2.75, 3.05) is 0 Å². The molecule has 2 rings (SSSR count). The van der Waals surface area contributed by atoms with Crippen LogP contribution in [0.3, 0.4) is 0 Å². The van der Waals surface area contributed by atoms with Gasteiger partial charge >= 0.3 is 5.97 Å². The van der Waals surface area contributed by atoms with Gasteiger partial charge in [0.25, 0.3) is 5.69 Å². The molecule has 0 aliphatic heterocycles. The Morgan fingerprint density at radius 1 is 1.14 bits per heavy atom. The highest BCUT2D eigenvalue weighted by Crippen LogP contribution is 2.34. The summed E-state index contributed by atoms with van der Waals surface area (Å²) in [6, 6.07) is 7.51. The molecule has 22 heavy (non-hydrogen) atoms. The Balaban J connectivity index is 2.45. The van der Waals surface area contributed by atoms with E-state index in [1.165, 1.54) is 6.07 Å². The molecule has 0 bridgehead atoms. The maximum Gasteiger partial charge on any atom is 0.342 e. The highest BCUT2D eigenvalue weighted by atomic mass is 127. The fourth-order valence-corrected chi connectivity index (χ4v) is 5.46. The van der Waals surface area contributed by atoms with Crippen molar-refractivity contribution in [3.05, 3.63) is 56.7 Å². The van der Waals surface area contributed by atoms with Crippen LogP contribution in [0.25, 0.3) is 0 Å². The number of benzene rings is 2. The van der Waals surface area contributed by atoms with Gasteiger partial charge in [-0.1, -0.05) is 0 Å². The summed E-state index contributed by atoms with van der Waals surface area (Å²) in [4.78, 5) is 21.3. The molecule has 0 aromatic heterocycles. The Morgan fingerprint density at radius 3 is 2.23 bits per heavy atom. The molecular weight excluding hydrogens is 631 g/mol. The van der Waals surface area contributed by atoms with Gasteiger partial charge in [-0.15, -0.1) is 0 Å². The van der Waals surface area contributed by atoms with Gasteiger partial charge in [-0.3, -0.25) is 10.1 Å². The molecule has 0 aliphatic rings. The molecule has 6 nitrogen and oxygen atoms in total. The lowest BCUT2D eigenvalue weighted by Crippen LogP contribution is -2.03. The number of carboxylic acid groups (broad SMARTS) is 1. The van der Waals surface area contributed by atoms with Crippen LogP contribution in [0.4, 0.5) is 5.69 Å². The van der Waals surface area contributed by atoms with Gasteiger partial charge in [0.15, 0.2) is 5.75 Å². The summed E-state index contributed by atoms with van der Waals surface area (Å²) in [5.41, 5.74) is -0.870. The number of carbonyl (C=O) groups is 1. The van der Waals surface area contributed by atoms with E-state index >= 15 is 0 Å². The second-order valence-corrected chi connectivity index (χ2v) is 7.61. The molecule has 9 heteroatoms. The summed E-state index contributed by atoms with van der Waals surface area (Å²) in [6.07, 6.45) is 0. The number of ether oxygens (including phenoxy) is 1. The van der Waals surface area contributed by atoms with E-state index < -0.39 is 22.1 Å². The molecule has 0 saturated heterocycles. The standard InChI is InChI=1S/C13H6I3NO5/c14-6-3-9(15)12(10(16)4-6)22-7-1-2-11(17(20)21)8(5-7)13(18)19/h1-5H,(H,18,19). The summed E-state index contributed by atoms with van der Waals surface area (Å²) in [5, 5.41) is 19.9. The first-order valence-electron chi connectivity index (χ1n) is 5.63. The van der Waals surface area contributed by atoms with Gasteiger partial charge in [-0.05, 0) is 86.0 Å². The largest absolute Gasteiger partial charge is 0.477 e. The van der Waals surface area contributed by atoms with Crippen LogP contribution < -0.4 is 4.74 Å². The van der Waals surface area contributed by atoms with E-state index in [4.69, 9.17) is 9.84 Å². The van der Waals surface area contributed by atoms with Crippen LogP contribution in [0.5, 0.6) is 11.5 Å². The Bertz CT molecular complexity index is 755. The number of nitrogens with zero attached hydrogens (tertiary/aromatic N) is 1. The zero-order valence-corrected chi connectivity index (χ0v) is 17.0. The number of hydrogen-bond donors (Lipinski definition) is 1. The van der Waals surface area contributed by atoms with E-state index in [2.05, 4.69) is 67.8 Å². The first-order valence-corrected chi connectivity index (χ1v) is 8.87. The van der Waals surface area contributed by atoms with Crippen LogP contribution in [0.1, 0.15) is 10.4 Å². The molecule has 1 N–H and O–H groups in total. The third kappa shape index (κ3) is 3.98. The summed E-state index contributed by atoms with van der Waals surface area (Å²) in [5.74, 6) is -0.545. The van der Waals surface area contributed by atoms with Crippen LogP contribution in [-0.2, 0) is 0 Å². The lowest BCUT2D eigenvalue weighted by molar-refractivity contribution is -0.385. The Morgan fingerprint density at radius 2 is 1.73 bits per heavy atom. The molecular formula is C13H6I3NO5. The van der Waals surface area contributed by atoms with Crippen LogP contribution in [0, 0.1) is 20.8 Å². The number of nitro benzene ring substituents is 1. The quantitative estimate of drug-likeness (QED) is 0.293. The summed E-state index contributed by atoms with van der Waals surface area (Å²) in [6.45, 7) is 0. The molecule has 2 aromatic carbocycles. The predicted octanol–water partition coefficient (Wildman–Crippen LogP) is 4.90. The molecule has 0 saturated carbocycles. The first-order chi connectivity index (χ1) is 10.3. The molecule has 0 spiro atoms. The highest BCUT2D eigenvalue weighted by Gasteiger charge is 2.21. The van der Waals surface area contributed by atoms with E-state index in [-0.39, 0.29) is 5.75 Å². The van der Waals surface area contributed by atoms with Crippen molar-refractivity contribution in [3.8, 4) is 11.5 Å². The maximum atomic E-state index is 11.1. The first kappa shape index (κ1) is 17.7. The van der Waals surface area contributed by atoms with Gasteiger partial charge in [0.2, 0.25) is 0 Å². The van der Waals surface area contributed by atoms with Crippen molar-refractivity contribution in [1.29, 1.82) is 0 Å². The molecule has 0 unspecified atom stereocenters. The van der Waals surface area contributed by atoms with E-state index in [1.54, 1.807) is 0 Å². The Kier molecular flexibility index (Phi) is 5.81. The lowest BCUT2D eigenvalue weighted by Gasteiger charge is -2.11. The summed E-state index contributed by atoms with van der Waals surface area (Å²) in [7, 11) is 0. The lowest BCUT2D eigenvalue weighted by atomic mass is 10.1. The van der Waals surface area contributed by atoms with E-state index in [1.807, 2.05) is 12.1 Å². The minimum Gasteiger partial charge on any atom is -0.477 e. The molecule has 0 aliphatic carbocycles. The smallest absolute Gasteiger partial charge is 0.342 e. The molecule has 0 heterocycles. The summed E-state index contributed by atoms with van der Waals surface area (Å²) >= 11 is 6.42. The van der Waals surface area contributed by atoms with Crippen molar-refractivity contribution in [1.82, 2.24) is 0 Å². The third-order valence-corrected chi connectivity index (χ3v) is 4.80. The van der Waals surface area contributed by atoms with Crippen LogP contribution >= 0.6 is 67.8 Å². The van der Waals surface area contributed by atoms with Crippen LogP contribution in [0.2, 0.25) is 0 Å². The highest BCUT2D eigenvalue weighted by molar-refractivity contribution is 14.1. The van der Waals surface area contributed by atoms with Crippen molar-refractivity contribution < 1.29 is 19.6 Å². The number of rotatable bonds is 4. The van der Waals surface area contributed by atoms with Crippen molar-refractivity contribution in [3.63, 3.8) is 0 Å². The topological polar surface area (TPSA) is 89.7 Å². The average Bonchev–Trinajstić information content (AvgIpc) is 2.42. The number of hydrogen-bond acceptors (Lipinski definition) is 4. The van der Waals surface area contributed by atoms with Gasteiger partial charge in [-0.25, -0.2) is 4.79 Å². The van der Waals surface area contributed by atoms with E-state index in [0.29, 0.717) is 5.75 Å². The molecule has 114 valence electrons. The average molecular weight is 637 g/mol. The van der Waals surface area contributed by atoms with Gasteiger partial charge in [0, 0.05) is 15.7 Å². The van der Waals surface area contributed by atoms with Crippen LogP contribution in [-0.4, -0.2) is 16.0 Å². The van der Waals surface area contributed by atoms with Gasteiger partial charge in [-0.2, -0.15) is 0 Å². The second kappa shape index (κ2) is 7.25. The molecule has 0 atom stereocenters. The maximum absolute atomic E-state index is 11.1. The monoisotopic (exact) mass is 637 g/mol. The number of carboxylic acids is 1. The minimum absolute atomic E-state index is 0.236. The minimum atomic E-state index is -1.37. The molecule has 0 fully saturated rings. The summed E-state index contributed by atoms with van der Waals surface area (Å²) < 4.78 is 8.50. The van der Waals surface area contributed by atoms with E-state index in [9.17, 15) is 14.9 Å². The Labute approximate surface area is 165 Å². The second-order valence-electron chi connectivity index (χ2n) is 4.04. The third-order valence-electron chi connectivity index (χ3n) is 2.58. The zero-order valence-electron chi connectivity index (χ0n) is 10.5. The number of aromatic carboxylic acids is 1. The predicted molar refractivity (Wildman–Crippen MR) is 105 cm³/mol. The fraction of sp³-hybridized carbons (Fsp3) is 0. The van der Waals surface area contributed by atoms with Crippen molar-refractivity contribution in [2.45, 2.75) is 0 Å². The van der Waals surface area contributed by atoms with Crippen molar-refractivity contribution >= 4 is 79.4 Å². The number of halogens is 3. The van der Waals surface area contributed by atoms with E-state index in [0.717, 1.165) is 22.8 Å². The fourth-order valence-electron chi connectivity index (χ4n) is 1.65. The molecule has 0 amide bonds. The number of nitro groups is 1. The van der Waals surface area contributed by atoms with Gasteiger partial charge in [0.1, 0.15) is 11.3 Å². The van der Waals surface area contributed by atoms with Gasteiger partial charge < -0.3 is 9.84 Å². The van der Waals surface area contributed by atoms with Crippen LogP contribution in [0.15, 0.2) is 30.3 Å². The zero-order chi connectivity index (χ0) is 16.4. The van der Waals surface area contributed by atoms with Gasteiger partial charge in [0.05, 0.1) is 12.1 Å². The SMILES string of the molecule is O=C(O)c1cc(Oc2c(I)cc(I)cc2I)ccc1[N+](=O)[O-].